The Hall–Kier alpha value is -1.57. The fraction of sp³-hybridized carbons (Fsp3) is 0.400. The second kappa shape index (κ2) is 6.24. The van der Waals surface area contributed by atoms with Crippen molar-refractivity contribution in [3.63, 3.8) is 0 Å². The summed E-state index contributed by atoms with van der Waals surface area (Å²) in [6.45, 7) is 0. The smallest absolute Gasteiger partial charge is 0.338 e. The molecule has 0 N–H and O–H groups in total. The summed E-state index contributed by atoms with van der Waals surface area (Å²) in [7, 11) is 0. The van der Waals surface area contributed by atoms with E-state index in [1.54, 1.807) is 12.1 Å². The van der Waals surface area contributed by atoms with Crippen LogP contribution in [-0.2, 0) is 4.74 Å². The van der Waals surface area contributed by atoms with Gasteiger partial charge in [-0.2, -0.15) is 0 Å². The van der Waals surface area contributed by atoms with Gasteiger partial charge in [-0.1, -0.05) is 30.4 Å². The van der Waals surface area contributed by atoms with Crippen molar-refractivity contribution in [1.29, 1.82) is 0 Å². The van der Waals surface area contributed by atoms with Crippen LogP contribution in [-0.4, -0.2) is 12.1 Å². The predicted octanol–water partition coefficient (Wildman–Crippen LogP) is 3.73. The van der Waals surface area contributed by atoms with Crippen LogP contribution in [0.2, 0.25) is 0 Å². The Labute approximate surface area is 102 Å². The van der Waals surface area contributed by atoms with Gasteiger partial charge in [0.25, 0.3) is 0 Å². The molecule has 1 aromatic carbocycles. The van der Waals surface area contributed by atoms with Crippen molar-refractivity contribution in [3.8, 4) is 0 Å². The summed E-state index contributed by atoms with van der Waals surface area (Å²) in [4.78, 5) is 11.9. The molecule has 17 heavy (non-hydrogen) atoms. The van der Waals surface area contributed by atoms with Crippen LogP contribution in [0.25, 0.3) is 0 Å². The van der Waals surface area contributed by atoms with Crippen molar-refractivity contribution in [2.24, 2.45) is 0 Å². The van der Waals surface area contributed by atoms with Crippen LogP contribution >= 0.6 is 0 Å². The highest BCUT2D eigenvalue weighted by molar-refractivity contribution is 5.89. The third-order valence-electron chi connectivity index (χ3n) is 3.00. The molecule has 90 valence electrons. The van der Waals surface area contributed by atoms with Gasteiger partial charge < -0.3 is 4.74 Å². The molecule has 0 saturated carbocycles. The monoisotopic (exact) mass is 230 g/mol. The maximum absolute atomic E-state index is 11.9. The molecule has 1 aromatic rings. The van der Waals surface area contributed by atoms with Crippen LogP contribution in [0.5, 0.6) is 0 Å². The topological polar surface area (TPSA) is 26.3 Å². The number of benzene rings is 1. The van der Waals surface area contributed by atoms with Gasteiger partial charge in [0.05, 0.1) is 5.56 Å². The maximum atomic E-state index is 11.9. The zero-order valence-electron chi connectivity index (χ0n) is 9.97. The van der Waals surface area contributed by atoms with Gasteiger partial charge in [-0.25, -0.2) is 4.79 Å². The fourth-order valence-corrected chi connectivity index (χ4v) is 2.02. The first-order chi connectivity index (χ1) is 8.36. The Morgan fingerprint density at radius 2 is 1.94 bits per heavy atom. The Kier molecular flexibility index (Phi) is 4.37. The summed E-state index contributed by atoms with van der Waals surface area (Å²) in [5.41, 5.74) is 0.638. The molecule has 0 radical (unpaired) electrons. The molecule has 0 saturated heterocycles. The fourth-order valence-electron chi connectivity index (χ4n) is 2.02. The van der Waals surface area contributed by atoms with Crippen molar-refractivity contribution in [2.45, 2.75) is 38.2 Å². The molecule has 0 aromatic heterocycles. The van der Waals surface area contributed by atoms with E-state index in [2.05, 4.69) is 12.2 Å². The summed E-state index contributed by atoms with van der Waals surface area (Å²) < 4.78 is 5.52. The van der Waals surface area contributed by atoms with Crippen LogP contribution in [0.4, 0.5) is 0 Å². The standard InChI is InChI=1S/C15H18O2/c16-15(13-9-5-4-6-10-13)17-14-11-7-2-1-3-8-12-14/h2,4-7,9-10,14H,1,3,8,11-12H2/b7-2-. The lowest BCUT2D eigenvalue weighted by Crippen LogP contribution is -2.18. The Balaban J connectivity index is 1.93. The van der Waals surface area contributed by atoms with Gasteiger partial charge in [0.1, 0.15) is 6.10 Å². The number of esters is 1. The molecular formula is C15H18O2. The molecule has 0 fully saturated rings. The third kappa shape index (κ3) is 3.74. The first-order valence-electron chi connectivity index (χ1n) is 6.27. The number of rotatable bonds is 2. The van der Waals surface area contributed by atoms with Crippen molar-refractivity contribution in [3.05, 3.63) is 48.0 Å². The summed E-state index contributed by atoms with van der Waals surface area (Å²) in [5, 5.41) is 0. The van der Waals surface area contributed by atoms with E-state index in [0.717, 1.165) is 25.7 Å². The van der Waals surface area contributed by atoms with Crippen LogP contribution in [0.1, 0.15) is 42.5 Å². The SMILES string of the molecule is O=C(OC1C/C=C\CCCC1)c1ccccc1. The average molecular weight is 230 g/mol. The first-order valence-corrected chi connectivity index (χ1v) is 6.27. The average Bonchev–Trinajstić information content (AvgIpc) is 2.33. The molecule has 0 amide bonds. The molecule has 1 aliphatic rings. The summed E-state index contributed by atoms with van der Waals surface area (Å²) in [5.74, 6) is -0.204. The van der Waals surface area contributed by atoms with E-state index < -0.39 is 0 Å². The second-order valence-corrected chi connectivity index (χ2v) is 4.38. The lowest BCUT2D eigenvalue weighted by Gasteiger charge is -2.17. The quantitative estimate of drug-likeness (QED) is 0.571. The summed E-state index contributed by atoms with van der Waals surface area (Å²) in [6, 6.07) is 9.20. The van der Waals surface area contributed by atoms with E-state index in [-0.39, 0.29) is 12.1 Å². The Bertz CT molecular complexity index is 381. The number of carbonyl (C=O) groups is 1. The minimum Gasteiger partial charge on any atom is -0.458 e. The number of hydrogen-bond donors (Lipinski definition) is 0. The van der Waals surface area contributed by atoms with E-state index in [1.165, 1.54) is 6.42 Å². The van der Waals surface area contributed by atoms with Crippen LogP contribution < -0.4 is 0 Å². The molecule has 0 aliphatic heterocycles. The van der Waals surface area contributed by atoms with Gasteiger partial charge in [-0.05, 0) is 37.8 Å². The molecular weight excluding hydrogens is 212 g/mol. The maximum Gasteiger partial charge on any atom is 0.338 e. The molecule has 0 bridgehead atoms. The highest BCUT2D eigenvalue weighted by Gasteiger charge is 2.15. The highest BCUT2D eigenvalue weighted by atomic mass is 16.5. The van der Waals surface area contributed by atoms with E-state index in [9.17, 15) is 4.79 Å². The molecule has 2 heteroatoms. The minimum absolute atomic E-state index is 0.0410. The molecule has 1 unspecified atom stereocenters. The van der Waals surface area contributed by atoms with Gasteiger partial charge in [0.2, 0.25) is 0 Å². The largest absolute Gasteiger partial charge is 0.458 e. The van der Waals surface area contributed by atoms with Crippen LogP contribution in [0, 0.1) is 0 Å². The molecule has 1 aliphatic carbocycles. The van der Waals surface area contributed by atoms with Crippen molar-refractivity contribution >= 4 is 5.97 Å². The normalized spacial score (nSPS) is 22.2. The van der Waals surface area contributed by atoms with Gasteiger partial charge in [0, 0.05) is 6.42 Å². The molecule has 0 heterocycles. The van der Waals surface area contributed by atoms with Gasteiger partial charge >= 0.3 is 5.97 Å². The molecule has 2 nitrogen and oxygen atoms in total. The van der Waals surface area contributed by atoms with Crippen LogP contribution in [0.3, 0.4) is 0 Å². The van der Waals surface area contributed by atoms with E-state index in [1.807, 2.05) is 18.2 Å². The zero-order valence-corrected chi connectivity index (χ0v) is 9.97. The first kappa shape index (κ1) is 11.9. The molecule has 0 spiro atoms. The zero-order chi connectivity index (χ0) is 11.9. The predicted molar refractivity (Wildman–Crippen MR) is 67.9 cm³/mol. The van der Waals surface area contributed by atoms with Crippen molar-refractivity contribution in [2.75, 3.05) is 0 Å². The summed E-state index contributed by atoms with van der Waals surface area (Å²) in [6.07, 6.45) is 9.65. The number of carbonyl (C=O) groups excluding carboxylic acids is 1. The highest BCUT2D eigenvalue weighted by Crippen LogP contribution is 2.16. The lowest BCUT2D eigenvalue weighted by molar-refractivity contribution is 0.0281. The third-order valence-corrected chi connectivity index (χ3v) is 3.00. The minimum atomic E-state index is -0.204. The van der Waals surface area contributed by atoms with Gasteiger partial charge in [0.15, 0.2) is 0 Å². The van der Waals surface area contributed by atoms with Gasteiger partial charge in [-0.15, -0.1) is 0 Å². The Morgan fingerprint density at radius 1 is 1.12 bits per heavy atom. The molecule has 2 rings (SSSR count). The summed E-state index contributed by atoms with van der Waals surface area (Å²) >= 11 is 0. The second-order valence-electron chi connectivity index (χ2n) is 4.38. The van der Waals surface area contributed by atoms with Crippen LogP contribution in [0.15, 0.2) is 42.5 Å². The van der Waals surface area contributed by atoms with Gasteiger partial charge in [-0.3, -0.25) is 0 Å². The number of ether oxygens (including phenoxy) is 1. The van der Waals surface area contributed by atoms with Crippen molar-refractivity contribution < 1.29 is 9.53 Å². The number of allylic oxidation sites excluding steroid dienone is 1. The molecule has 1 atom stereocenters. The van der Waals surface area contributed by atoms with Crippen molar-refractivity contribution in [1.82, 2.24) is 0 Å². The number of hydrogen-bond acceptors (Lipinski definition) is 2. The Morgan fingerprint density at radius 3 is 2.76 bits per heavy atom. The van der Waals surface area contributed by atoms with E-state index in [0.29, 0.717) is 5.56 Å². The lowest BCUT2D eigenvalue weighted by atomic mass is 10.0. The van der Waals surface area contributed by atoms with E-state index in [4.69, 9.17) is 4.74 Å². The van der Waals surface area contributed by atoms with E-state index >= 15 is 0 Å².